The summed E-state index contributed by atoms with van der Waals surface area (Å²) in [6.07, 6.45) is 5.02. The Balaban J connectivity index is 2.32. The van der Waals surface area contributed by atoms with Gasteiger partial charge in [0.1, 0.15) is 0 Å². The van der Waals surface area contributed by atoms with E-state index in [2.05, 4.69) is 34.6 Å². The molecule has 0 spiro atoms. The van der Waals surface area contributed by atoms with E-state index in [9.17, 15) is 0 Å². The molecule has 0 atom stereocenters. The van der Waals surface area contributed by atoms with Gasteiger partial charge in [0, 0.05) is 37.4 Å². The van der Waals surface area contributed by atoms with Gasteiger partial charge in [-0.05, 0) is 25.1 Å². The molecule has 0 unspecified atom stereocenters. The number of pyridine rings is 1. The molecular weight excluding hydrogens is 186 g/mol. The Kier molecular flexibility index (Phi) is 1.83. The molecule has 0 bridgehead atoms. The van der Waals surface area contributed by atoms with E-state index in [-0.39, 0.29) is 0 Å². The van der Waals surface area contributed by atoms with E-state index in [1.807, 2.05) is 12.4 Å². The number of likely N-dealkylation sites (N-methyl/N-ethyl adjacent to an activating group) is 1. The average Bonchev–Trinajstić information content (AvgIpc) is 2.54. The fraction of sp³-hybridized carbons (Fsp3) is 0.417. The molecule has 78 valence electrons. The van der Waals surface area contributed by atoms with Crippen LogP contribution in [0.1, 0.15) is 11.3 Å². The summed E-state index contributed by atoms with van der Waals surface area (Å²) < 4.78 is 2.29. The molecule has 0 saturated heterocycles. The van der Waals surface area contributed by atoms with Gasteiger partial charge in [0.2, 0.25) is 0 Å². The predicted molar refractivity (Wildman–Crippen MR) is 60.8 cm³/mol. The lowest BCUT2D eigenvalue weighted by atomic mass is 10.0. The second-order valence-electron chi connectivity index (χ2n) is 4.36. The number of hydrogen-bond donors (Lipinski definition) is 0. The van der Waals surface area contributed by atoms with Gasteiger partial charge < -0.3 is 9.47 Å². The molecule has 15 heavy (non-hydrogen) atoms. The van der Waals surface area contributed by atoms with Gasteiger partial charge in [-0.2, -0.15) is 0 Å². The molecule has 2 aromatic rings. The van der Waals surface area contributed by atoms with Crippen molar-refractivity contribution in [3.63, 3.8) is 0 Å². The fourth-order valence-corrected chi connectivity index (χ4v) is 2.53. The summed E-state index contributed by atoms with van der Waals surface area (Å²) >= 11 is 0. The Morgan fingerprint density at radius 2 is 2.20 bits per heavy atom. The molecule has 0 aromatic carbocycles. The first-order valence-corrected chi connectivity index (χ1v) is 5.36. The van der Waals surface area contributed by atoms with Gasteiger partial charge >= 0.3 is 0 Å². The molecule has 2 aromatic heterocycles. The minimum absolute atomic E-state index is 1.06. The Morgan fingerprint density at radius 1 is 1.33 bits per heavy atom. The minimum Gasteiger partial charge on any atom is -0.345 e. The van der Waals surface area contributed by atoms with Crippen LogP contribution in [0.2, 0.25) is 0 Å². The first kappa shape index (κ1) is 8.92. The highest BCUT2D eigenvalue weighted by Crippen LogP contribution is 2.28. The van der Waals surface area contributed by atoms with Crippen molar-refractivity contribution in [2.24, 2.45) is 7.05 Å². The zero-order chi connectivity index (χ0) is 10.4. The molecule has 3 rings (SSSR count). The molecule has 0 amide bonds. The van der Waals surface area contributed by atoms with Crippen molar-refractivity contribution in [3.8, 4) is 0 Å². The van der Waals surface area contributed by atoms with Gasteiger partial charge in [0.05, 0.1) is 11.7 Å². The van der Waals surface area contributed by atoms with Crippen LogP contribution in [0.3, 0.4) is 0 Å². The van der Waals surface area contributed by atoms with Gasteiger partial charge in [-0.25, -0.2) is 0 Å². The summed E-state index contributed by atoms with van der Waals surface area (Å²) in [6, 6.07) is 2.14. The van der Waals surface area contributed by atoms with E-state index in [4.69, 9.17) is 0 Å². The highest BCUT2D eigenvalue weighted by Gasteiger charge is 2.20. The third-order valence-corrected chi connectivity index (χ3v) is 3.40. The Hall–Kier alpha value is -1.35. The molecule has 1 aliphatic rings. The lowest BCUT2D eigenvalue weighted by Gasteiger charge is -2.23. The Morgan fingerprint density at radius 3 is 3.07 bits per heavy atom. The molecule has 0 radical (unpaired) electrons. The maximum absolute atomic E-state index is 4.20. The highest BCUT2D eigenvalue weighted by molar-refractivity contribution is 5.84. The fourth-order valence-electron chi connectivity index (χ4n) is 2.53. The highest BCUT2D eigenvalue weighted by atomic mass is 15.1. The van der Waals surface area contributed by atoms with Crippen molar-refractivity contribution in [1.82, 2.24) is 14.5 Å². The quantitative estimate of drug-likeness (QED) is 0.645. The summed E-state index contributed by atoms with van der Waals surface area (Å²) in [5, 5.41) is 1.38. The van der Waals surface area contributed by atoms with E-state index < -0.39 is 0 Å². The molecule has 1 aliphatic heterocycles. The maximum atomic E-state index is 4.20. The van der Waals surface area contributed by atoms with Crippen LogP contribution in [-0.4, -0.2) is 28.0 Å². The van der Waals surface area contributed by atoms with Crippen molar-refractivity contribution < 1.29 is 0 Å². The van der Waals surface area contributed by atoms with Crippen LogP contribution in [0, 0.1) is 0 Å². The zero-order valence-corrected chi connectivity index (χ0v) is 9.20. The summed E-state index contributed by atoms with van der Waals surface area (Å²) in [7, 11) is 4.32. The summed E-state index contributed by atoms with van der Waals surface area (Å²) in [5.74, 6) is 0. The van der Waals surface area contributed by atoms with Crippen LogP contribution in [0.4, 0.5) is 0 Å². The van der Waals surface area contributed by atoms with Crippen LogP contribution in [0.5, 0.6) is 0 Å². The standard InChI is InChI=1S/C12H15N3/c1-14-6-4-10-9-3-5-13-7-11(9)15(2)12(10)8-14/h3,5,7H,4,6,8H2,1-2H3. The SMILES string of the molecule is CN1CCc2c(n(C)c3cnccc23)C1. The smallest absolute Gasteiger partial charge is 0.0669 e. The van der Waals surface area contributed by atoms with Crippen molar-refractivity contribution in [2.45, 2.75) is 13.0 Å². The Labute approximate surface area is 89.3 Å². The number of nitrogens with zero attached hydrogens (tertiary/aromatic N) is 3. The summed E-state index contributed by atoms with van der Waals surface area (Å²) in [5.41, 5.74) is 4.23. The van der Waals surface area contributed by atoms with E-state index >= 15 is 0 Å². The lowest BCUT2D eigenvalue weighted by molar-refractivity contribution is 0.305. The topological polar surface area (TPSA) is 21.1 Å². The van der Waals surface area contributed by atoms with Crippen LogP contribution < -0.4 is 0 Å². The van der Waals surface area contributed by atoms with E-state index in [1.165, 1.54) is 22.2 Å². The number of aromatic nitrogens is 2. The van der Waals surface area contributed by atoms with E-state index in [0.717, 1.165) is 19.5 Å². The zero-order valence-electron chi connectivity index (χ0n) is 9.20. The molecule has 3 heteroatoms. The maximum Gasteiger partial charge on any atom is 0.0669 e. The van der Waals surface area contributed by atoms with Gasteiger partial charge in [-0.15, -0.1) is 0 Å². The van der Waals surface area contributed by atoms with Gasteiger partial charge in [-0.1, -0.05) is 0 Å². The van der Waals surface area contributed by atoms with Crippen LogP contribution in [0.15, 0.2) is 18.5 Å². The monoisotopic (exact) mass is 201 g/mol. The van der Waals surface area contributed by atoms with Crippen molar-refractivity contribution in [3.05, 3.63) is 29.7 Å². The van der Waals surface area contributed by atoms with Crippen molar-refractivity contribution in [2.75, 3.05) is 13.6 Å². The number of rotatable bonds is 0. The third-order valence-electron chi connectivity index (χ3n) is 3.40. The first-order chi connectivity index (χ1) is 7.27. The lowest BCUT2D eigenvalue weighted by Crippen LogP contribution is -2.27. The predicted octanol–water partition coefficient (Wildman–Crippen LogP) is 1.56. The number of hydrogen-bond acceptors (Lipinski definition) is 2. The second-order valence-corrected chi connectivity index (χ2v) is 4.36. The number of aryl methyl sites for hydroxylation is 1. The molecule has 0 saturated carbocycles. The largest absolute Gasteiger partial charge is 0.345 e. The average molecular weight is 201 g/mol. The number of fused-ring (bicyclic) bond motifs is 3. The van der Waals surface area contributed by atoms with Crippen LogP contribution in [-0.2, 0) is 20.0 Å². The Bertz CT molecular complexity index is 513. The van der Waals surface area contributed by atoms with Gasteiger partial charge in [0.25, 0.3) is 0 Å². The molecule has 0 N–H and O–H groups in total. The van der Waals surface area contributed by atoms with Crippen molar-refractivity contribution >= 4 is 10.9 Å². The molecular formula is C12H15N3. The first-order valence-electron chi connectivity index (χ1n) is 5.36. The molecule has 0 aliphatic carbocycles. The normalized spacial score (nSPS) is 16.9. The van der Waals surface area contributed by atoms with Gasteiger partial charge in [0.15, 0.2) is 0 Å². The van der Waals surface area contributed by atoms with Crippen LogP contribution in [0.25, 0.3) is 10.9 Å². The molecule has 3 nitrogen and oxygen atoms in total. The van der Waals surface area contributed by atoms with E-state index in [0.29, 0.717) is 0 Å². The van der Waals surface area contributed by atoms with E-state index in [1.54, 1.807) is 0 Å². The molecule has 3 heterocycles. The minimum atomic E-state index is 1.06. The second kappa shape index (κ2) is 3.07. The summed E-state index contributed by atoms with van der Waals surface area (Å²) in [6.45, 7) is 2.22. The molecule has 0 fully saturated rings. The summed E-state index contributed by atoms with van der Waals surface area (Å²) in [4.78, 5) is 6.57. The third kappa shape index (κ3) is 1.20. The van der Waals surface area contributed by atoms with Crippen molar-refractivity contribution in [1.29, 1.82) is 0 Å². The van der Waals surface area contributed by atoms with Crippen LogP contribution >= 0.6 is 0 Å². The van der Waals surface area contributed by atoms with Gasteiger partial charge in [-0.3, -0.25) is 4.98 Å².